The van der Waals surface area contributed by atoms with Crippen LogP contribution in [0.25, 0.3) is 11.2 Å². The number of methoxy groups -OCH3 is 3. The van der Waals surface area contributed by atoms with Gasteiger partial charge in [0.1, 0.15) is 35.4 Å². The second kappa shape index (κ2) is 29.3. The molecule has 1 amide bonds. The van der Waals surface area contributed by atoms with Crippen molar-refractivity contribution in [3.05, 3.63) is 222 Å². The summed E-state index contributed by atoms with van der Waals surface area (Å²) in [6, 6.07) is 43.2. The van der Waals surface area contributed by atoms with Crippen LogP contribution in [-0.2, 0) is 52.9 Å². The molecule has 1 unspecified atom stereocenters. The van der Waals surface area contributed by atoms with E-state index in [1.165, 1.54) is 49.8 Å². The lowest BCUT2D eigenvalue weighted by atomic mass is 9.80. The molecule has 0 radical (unpaired) electrons. The number of hydrogen-bond donors (Lipinski definition) is 1. The van der Waals surface area contributed by atoms with Crippen LogP contribution in [0.1, 0.15) is 53.5 Å². The first-order valence-electron chi connectivity index (χ1n) is 27.8. The first-order valence-corrected chi connectivity index (χ1v) is 28.9. The maximum absolute atomic E-state index is 13.5. The van der Waals surface area contributed by atoms with Gasteiger partial charge in [-0.1, -0.05) is 105 Å². The van der Waals surface area contributed by atoms with E-state index in [1.807, 2.05) is 92.7 Å². The van der Waals surface area contributed by atoms with Crippen LogP contribution in [0.4, 0.5) is 27.8 Å². The Morgan fingerprint density at radius 3 is 1.66 bits per heavy atom. The van der Waals surface area contributed by atoms with Gasteiger partial charge in [-0.3, -0.25) is 40.2 Å². The molecule has 5 atom stereocenters. The Kier molecular flexibility index (Phi) is 21.1. The largest absolute Gasteiger partial charge is 0.497 e. The first-order chi connectivity index (χ1) is 42.2. The van der Waals surface area contributed by atoms with E-state index in [0.29, 0.717) is 43.0 Å². The monoisotopic (exact) mass is 1210 g/mol. The highest BCUT2D eigenvalue weighted by atomic mass is 31.2. The number of ether oxygens (including phenoxy) is 7. The number of rotatable bonds is 30. The number of imidazole rings is 1. The Morgan fingerprint density at radius 2 is 1.16 bits per heavy atom. The van der Waals surface area contributed by atoms with Crippen molar-refractivity contribution in [3.63, 3.8) is 0 Å². The van der Waals surface area contributed by atoms with E-state index in [0.717, 1.165) is 27.8 Å². The molecule has 6 aromatic carbocycles. The Balaban J connectivity index is 1.09. The van der Waals surface area contributed by atoms with Gasteiger partial charge in [0.05, 0.1) is 61.7 Å². The van der Waals surface area contributed by atoms with E-state index in [-0.39, 0.29) is 72.9 Å². The molecule has 1 saturated heterocycles. The van der Waals surface area contributed by atoms with Crippen LogP contribution >= 0.6 is 8.53 Å². The molecule has 26 heteroatoms. The summed E-state index contributed by atoms with van der Waals surface area (Å²) in [5.41, 5.74) is 3.42. The van der Waals surface area contributed by atoms with E-state index in [1.54, 1.807) is 55.2 Å². The van der Waals surface area contributed by atoms with Crippen molar-refractivity contribution >= 4 is 48.8 Å². The van der Waals surface area contributed by atoms with Crippen molar-refractivity contribution in [2.75, 3.05) is 66.2 Å². The predicted molar refractivity (Wildman–Crippen MR) is 320 cm³/mol. The van der Waals surface area contributed by atoms with E-state index >= 15 is 0 Å². The lowest BCUT2D eigenvalue weighted by Gasteiger charge is -2.38. The van der Waals surface area contributed by atoms with Gasteiger partial charge < -0.3 is 42.2 Å². The molecule has 25 nitrogen and oxygen atoms in total. The maximum Gasteiger partial charge on any atom is 0.414 e. The van der Waals surface area contributed by atoms with E-state index in [2.05, 4.69) is 15.0 Å². The summed E-state index contributed by atoms with van der Waals surface area (Å²) >= 11 is 0. The highest BCUT2D eigenvalue weighted by Crippen LogP contribution is 2.50. The molecule has 0 aliphatic carbocycles. The molecule has 1 N–H and O–H groups in total. The number of fused-ring (bicyclic) bond motifs is 1. The first kappa shape index (κ1) is 62.5. The van der Waals surface area contributed by atoms with Crippen molar-refractivity contribution in [1.29, 1.82) is 0 Å². The van der Waals surface area contributed by atoms with Gasteiger partial charge in [-0.2, -0.15) is 9.97 Å². The number of carbonyl (C=O) groups is 1. The molecule has 3 heterocycles. The molecule has 454 valence electrons. The van der Waals surface area contributed by atoms with Crippen LogP contribution in [0.15, 0.2) is 158 Å². The quantitative estimate of drug-likeness (QED) is 0.0189. The number of nitro groups is 3. The number of nitrogens with zero attached hydrogens (tertiary/aromatic N) is 8. The van der Waals surface area contributed by atoms with Crippen molar-refractivity contribution in [3.8, 4) is 17.4 Å². The average molecular weight is 1210 g/mol. The highest BCUT2D eigenvalue weighted by Gasteiger charge is 2.51. The van der Waals surface area contributed by atoms with Gasteiger partial charge in [0.15, 0.2) is 17.4 Å². The zero-order valence-electron chi connectivity index (χ0n) is 48.2. The minimum absolute atomic E-state index is 0.0243. The lowest BCUT2D eigenvalue weighted by Crippen LogP contribution is -2.41. The standard InChI is InChI=1S/C61H64N9O16P/c1-6-66(7-2)87(84-38-35-43-17-27-49(28-18-43)70(76)77)86-54-52(39-83-61(44-11-9-8-10-12-44,45-19-29-50(78-3)30-20-45)46-21-31-51(79-4)32-22-46)85-58(55(54)80-5)67-40-62-53-56(67)63-59(64-57(53)81-36-33-41-13-23-47(24-14-41)68(72)73)65-60(71)82-37-34-42-15-25-48(26-16-42)69(74)75/h8-32,40,52,54-55,58H,6-7,33-39H2,1-5H3,(H,63,64,65,71)/t52-,54-,55-,58-,87?/m1/s1. The zero-order valence-corrected chi connectivity index (χ0v) is 49.1. The fourth-order valence-electron chi connectivity index (χ4n) is 9.95. The van der Waals surface area contributed by atoms with Crippen LogP contribution in [0.2, 0.25) is 0 Å². The molecule has 1 fully saturated rings. The number of nitrogens with one attached hydrogen (secondary N) is 1. The molecule has 2 aromatic heterocycles. The van der Waals surface area contributed by atoms with Crippen molar-refractivity contribution in [2.24, 2.45) is 0 Å². The summed E-state index contributed by atoms with van der Waals surface area (Å²) in [6.07, 6.45) is -2.39. The molecule has 0 spiro atoms. The Bertz CT molecular complexity index is 3540. The van der Waals surface area contributed by atoms with Gasteiger partial charge in [0, 0.05) is 69.4 Å². The summed E-state index contributed by atoms with van der Waals surface area (Å²) in [7, 11) is 2.84. The van der Waals surface area contributed by atoms with Crippen molar-refractivity contribution < 1.29 is 61.8 Å². The van der Waals surface area contributed by atoms with Gasteiger partial charge in [0.2, 0.25) is 11.8 Å². The SMILES string of the molecule is CCN(CC)P(OCCc1ccc([N+](=O)[O-])cc1)O[C@H]1[C@@H](OC)[C@H](n2cnc3c(OCCc4ccc([N+](=O)[O-])cc4)nc(NC(=O)OCCc4ccc([N+](=O)[O-])cc4)nc32)O[C@@H]1COC(c1ccccc1)(c1ccc(OC)cc1)c1ccc(OC)cc1. The number of nitro benzene ring substituents is 3. The number of amides is 1. The van der Waals surface area contributed by atoms with Crippen LogP contribution in [0, 0.1) is 30.3 Å². The summed E-state index contributed by atoms with van der Waals surface area (Å²) < 4.78 is 61.8. The number of non-ortho nitro benzene ring substituents is 3. The molecule has 1 aliphatic rings. The Morgan fingerprint density at radius 1 is 0.655 bits per heavy atom. The van der Waals surface area contributed by atoms with Gasteiger partial charge in [-0.25, -0.2) is 14.4 Å². The molecular formula is C61H64N9O16P. The maximum atomic E-state index is 13.5. The predicted octanol–water partition coefficient (Wildman–Crippen LogP) is 11.1. The summed E-state index contributed by atoms with van der Waals surface area (Å²) in [6.45, 7) is 5.04. The topological polar surface area (TPSA) is 288 Å². The number of anilines is 1. The third-order valence-corrected chi connectivity index (χ3v) is 16.4. The Hall–Kier alpha value is -9.07. The van der Waals surface area contributed by atoms with Crippen molar-refractivity contribution in [1.82, 2.24) is 24.2 Å². The second-order valence-corrected chi connectivity index (χ2v) is 21.2. The minimum atomic E-state index is -1.89. The van der Waals surface area contributed by atoms with Gasteiger partial charge in [-0.15, -0.1) is 0 Å². The summed E-state index contributed by atoms with van der Waals surface area (Å²) in [5, 5.41) is 36.7. The van der Waals surface area contributed by atoms with Crippen LogP contribution in [0.5, 0.6) is 17.4 Å². The van der Waals surface area contributed by atoms with E-state index < -0.39 is 59.5 Å². The Labute approximate surface area is 501 Å². The molecule has 8 aromatic rings. The van der Waals surface area contributed by atoms with Gasteiger partial charge >= 0.3 is 6.09 Å². The lowest BCUT2D eigenvalue weighted by molar-refractivity contribution is -0.385. The molecule has 9 rings (SSSR count). The molecule has 1 aliphatic heterocycles. The van der Waals surface area contributed by atoms with Crippen LogP contribution in [-0.4, -0.2) is 124 Å². The number of carbonyl (C=O) groups excluding carboxylic acids is 1. The molecule has 0 saturated carbocycles. The number of hydrogen-bond acceptors (Lipinski definition) is 20. The molecular weight excluding hydrogens is 1150 g/mol. The number of benzene rings is 6. The van der Waals surface area contributed by atoms with Gasteiger partial charge in [-0.05, 0) is 64.1 Å². The fourth-order valence-corrected chi connectivity index (χ4v) is 11.5. The zero-order chi connectivity index (χ0) is 61.5. The van der Waals surface area contributed by atoms with E-state index in [9.17, 15) is 35.1 Å². The third-order valence-electron chi connectivity index (χ3n) is 14.5. The summed E-state index contributed by atoms with van der Waals surface area (Å²) in [4.78, 5) is 60.2. The van der Waals surface area contributed by atoms with Crippen LogP contribution in [0.3, 0.4) is 0 Å². The minimum Gasteiger partial charge on any atom is -0.497 e. The highest BCUT2D eigenvalue weighted by molar-refractivity contribution is 7.44. The average Bonchev–Trinajstić information content (AvgIpc) is 2.09. The summed E-state index contributed by atoms with van der Waals surface area (Å²) in [5.74, 6) is 1.01. The van der Waals surface area contributed by atoms with Gasteiger partial charge in [0.25, 0.3) is 25.6 Å². The number of aromatic nitrogens is 4. The smallest absolute Gasteiger partial charge is 0.414 e. The van der Waals surface area contributed by atoms with Crippen LogP contribution < -0.4 is 19.5 Å². The molecule has 0 bridgehead atoms. The second-order valence-electron chi connectivity index (χ2n) is 19.7. The third kappa shape index (κ3) is 15.0. The van der Waals surface area contributed by atoms with Crippen molar-refractivity contribution in [2.45, 2.75) is 63.3 Å². The van der Waals surface area contributed by atoms with E-state index in [4.69, 9.17) is 52.2 Å². The molecule has 87 heavy (non-hydrogen) atoms. The fraction of sp³-hybridized carbons (Fsp3) is 0.311. The normalized spacial score (nSPS) is 16.1.